The molecule has 0 bridgehead atoms. The van der Waals surface area contributed by atoms with E-state index in [1.165, 1.54) is 0 Å². The number of anilines is 1. The molecule has 3 N–H and O–H groups in total. The molecule has 0 fully saturated rings. The van der Waals surface area contributed by atoms with Crippen LogP contribution >= 0.6 is 0 Å². The largest absolute Gasteiger partial charge is 0.325 e. The number of nitrogens with zero attached hydrogens (tertiary/aromatic N) is 6. The van der Waals surface area contributed by atoms with Crippen LogP contribution in [0.3, 0.4) is 0 Å². The van der Waals surface area contributed by atoms with Gasteiger partial charge in [-0.3, -0.25) is 19.9 Å². The number of aromatic nitrogens is 8. The first-order valence-corrected chi connectivity index (χ1v) is 12.2. The summed E-state index contributed by atoms with van der Waals surface area (Å²) in [4.78, 5) is 38.0. The molecule has 0 atom stereocenters. The van der Waals surface area contributed by atoms with Crippen molar-refractivity contribution in [2.45, 2.75) is 27.2 Å². The minimum Gasteiger partial charge on any atom is -0.325 e. The van der Waals surface area contributed by atoms with E-state index in [1.54, 1.807) is 37.2 Å². The maximum absolute atomic E-state index is 12.4. The number of fused-ring (bicyclic) bond motifs is 2. The summed E-state index contributed by atoms with van der Waals surface area (Å²) in [6.45, 7) is 6.09. The molecular weight excluding hydrogens is 478 g/mol. The number of amides is 1. The average Bonchev–Trinajstić information content (AvgIpc) is 3.51. The predicted octanol–water partition coefficient (Wildman–Crippen LogP) is 5.39. The van der Waals surface area contributed by atoms with Crippen LogP contribution in [0.2, 0.25) is 0 Å². The maximum Gasteiger partial charge on any atom is 0.224 e. The van der Waals surface area contributed by atoms with Crippen molar-refractivity contribution in [3.8, 4) is 33.8 Å². The van der Waals surface area contributed by atoms with Crippen LogP contribution in [0, 0.1) is 5.41 Å². The van der Waals surface area contributed by atoms with Crippen molar-refractivity contribution in [3.63, 3.8) is 0 Å². The number of aromatic amines is 2. The zero-order chi connectivity index (χ0) is 26.3. The van der Waals surface area contributed by atoms with Gasteiger partial charge in [-0.2, -0.15) is 5.10 Å². The molecule has 0 aromatic carbocycles. The monoisotopic (exact) mass is 503 g/mol. The molecule has 6 rings (SSSR count). The van der Waals surface area contributed by atoms with E-state index in [2.05, 4.69) is 40.4 Å². The topological polar surface area (TPSA) is 138 Å². The molecule has 6 heterocycles. The Balaban J connectivity index is 1.36. The zero-order valence-corrected chi connectivity index (χ0v) is 21.1. The van der Waals surface area contributed by atoms with Gasteiger partial charge in [0.05, 0.1) is 17.3 Å². The van der Waals surface area contributed by atoms with Crippen molar-refractivity contribution in [1.29, 1.82) is 0 Å². The highest BCUT2D eigenvalue weighted by Gasteiger charge is 2.18. The Morgan fingerprint density at radius 1 is 0.895 bits per heavy atom. The van der Waals surface area contributed by atoms with Crippen LogP contribution in [0.25, 0.3) is 56.0 Å². The van der Waals surface area contributed by atoms with Gasteiger partial charge in [-0.05, 0) is 41.3 Å². The second kappa shape index (κ2) is 9.15. The van der Waals surface area contributed by atoms with E-state index in [4.69, 9.17) is 4.98 Å². The third-order valence-electron chi connectivity index (χ3n) is 6.06. The van der Waals surface area contributed by atoms with Gasteiger partial charge in [0.2, 0.25) is 5.91 Å². The first kappa shape index (κ1) is 23.4. The lowest BCUT2D eigenvalue weighted by Gasteiger charge is -2.17. The summed E-state index contributed by atoms with van der Waals surface area (Å²) in [7, 11) is 0. The van der Waals surface area contributed by atoms with Crippen LogP contribution in [0.4, 0.5) is 5.69 Å². The lowest BCUT2D eigenvalue weighted by Crippen LogP contribution is -2.19. The Bertz CT molecular complexity index is 1780. The summed E-state index contributed by atoms with van der Waals surface area (Å²) in [5.74, 6) is 0.535. The Morgan fingerprint density at radius 3 is 2.53 bits per heavy atom. The lowest BCUT2D eigenvalue weighted by atomic mass is 9.92. The van der Waals surface area contributed by atoms with E-state index >= 15 is 0 Å². The van der Waals surface area contributed by atoms with Gasteiger partial charge in [0.25, 0.3) is 0 Å². The summed E-state index contributed by atoms with van der Waals surface area (Å²) in [6, 6.07) is 9.70. The van der Waals surface area contributed by atoms with Crippen LogP contribution in [-0.2, 0) is 4.79 Å². The third kappa shape index (κ3) is 4.59. The normalized spacial score (nSPS) is 11.8. The highest BCUT2D eigenvalue weighted by atomic mass is 16.1. The molecule has 0 unspecified atom stereocenters. The molecule has 6 aromatic rings. The molecule has 0 aliphatic rings. The summed E-state index contributed by atoms with van der Waals surface area (Å²) < 4.78 is 0. The molecular formula is C28H25N9O. The van der Waals surface area contributed by atoms with Gasteiger partial charge in [0.1, 0.15) is 11.2 Å². The van der Waals surface area contributed by atoms with Gasteiger partial charge in [-0.1, -0.05) is 20.8 Å². The number of imidazole rings is 1. The van der Waals surface area contributed by atoms with Crippen molar-refractivity contribution in [2.75, 3.05) is 5.32 Å². The van der Waals surface area contributed by atoms with Crippen molar-refractivity contribution in [1.82, 2.24) is 40.1 Å². The molecule has 1 amide bonds. The SMILES string of the molecule is CC(C)(C)CC(=O)Nc1cncc(-c2cnc3[nH]nc(-c4nc5c(-c6ccncc6)ccnc5[nH]4)c3c2)c1. The number of nitrogens with one attached hydrogen (secondary N) is 3. The van der Waals surface area contributed by atoms with Crippen LogP contribution in [0.1, 0.15) is 27.2 Å². The van der Waals surface area contributed by atoms with Crippen LogP contribution in [-0.4, -0.2) is 46.0 Å². The number of hydrogen-bond donors (Lipinski definition) is 3. The highest BCUT2D eigenvalue weighted by Crippen LogP contribution is 2.32. The second-order valence-corrected chi connectivity index (χ2v) is 10.3. The van der Waals surface area contributed by atoms with Crippen molar-refractivity contribution < 1.29 is 4.79 Å². The Labute approximate surface area is 218 Å². The standard InChI is InChI=1S/C28H25N9O/c1-28(2,3)12-22(38)33-19-10-17(13-30-15-19)18-11-21-24(36-37-25(21)32-14-18)27-34-23-20(6-9-31-26(23)35-27)16-4-7-29-8-5-16/h4-11,13-15H,12H2,1-3H3,(H,33,38)(H,31,34,35)(H,32,36,37). The Morgan fingerprint density at radius 2 is 1.71 bits per heavy atom. The second-order valence-electron chi connectivity index (χ2n) is 10.3. The van der Waals surface area contributed by atoms with Gasteiger partial charge in [0.15, 0.2) is 17.1 Å². The molecule has 0 saturated carbocycles. The number of carbonyl (C=O) groups is 1. The van der Waals surface area contributed by atoms with Crippen LogP contribution < -0.4 is 5.32 Å². The van der Waals surface area contributed by atoms with E-state index in [0.29, 0.717) is 34.9 Å². The van der Waals surface area contributed by atoms with E-state index in [0.717, 1.165) is 33.2 Å². The number of carbonyl (C=O) groups excluding carboxylic acids is 1. The van der Waals surface area contributed by atoms with E-state index in [9.17, 15) is 4.79 Å². The summed E-state index contributed by atoms with van der Waals surface area (Å²) >= 11 is 0. The molecule has 0 aliphatic carbocycles. The number of hydrogen-bond acceptors (Lipinski definition) is 7. The molecule has 10 nitrogen and oxygen atoms in total. The zero-order valence-electron chi connectivity index (χ0n) is 21.1. The van der Waals surface area contributed by atoms with Crippen molar-refractivity contribution >= 4 is 33.8 Å². The van der Waals surface area contributed by atoms with Gasteiger partial charge < -0.3 is 10.3 Å². The van der Waals surface area contributed by atoms with E-state index in [-0.39, 0.29) is 11.3 Å². The Hall–Kier alpha value is -4.99. The molecule has 188 valence electrons. The molecule has 0 saturated heterocycles. The molecule has 0 aliphatic heterocycles. The van der Waals surface area contributed by atoms with E-state index in [1.807, 2.05) is 51.1 Å². The predicted molar refractivity (Wildman–Crippen MR) is 146 cm³/mol. The fourth-order valence-corrected chi connectivity index (χ4v) is 4.38. The van der Waals surface area contributed by atoms with Crippen molar-refractivity contribution in [3.05, 3.63) is 67.5 Å². The van der Waals surface area contributed by atoms with Crippen LogP contribution in [0.15, 0.2) is 67.5 Å². The van der Waals surface area contributed by atoms with Gasteiger partial charge in [0, 0.05) is 54.1 Å². The maximum atomic E-state index is 12.4. The molecule has 38 heavy (non-hydrogen) atoms. The quantitative estimate of drug-likeness (QED) is 0.286. The molecule has 0 radical (unpaired) electrons. The molecule has 0 spiro atoms. The average molecular weight is 504 g/mol. The molecule has 6 aromatic heterocycles. The summed E-state index contributed by atoms with van der Waals surface area (Å²) in [5.41, 5.74) is 6.83. The van der Waals surface area contributed by atoms with Gasteiger partial charge >= 0.3 is 0 Å². The summed E-state index contributed by atoms with van der Waals surface area (Å²) in [6.07, 6.45) is 10.8. The van der Waals surface area contributed by atoms with Gasteiger partial charge in [-0.15, -0.1) is 0 Å². The Kier molecular flexibility index (Phi) is 5.64. The number of pyridine rings is 4. The first-order chi connectivity index (χ1) is 18.3. The summed E-state index contributed by atoms with van der Waals surface area (Å²) in [5, 5.41) is 11.2. The van der Waals surface area contributed by atoms with Crippen LogP contribution in [0.5, 0.6) is 0 Å². The minimum atomic E-state index is -0.104. The fraction of sp³-hybridized carbons (Fsp3) is 0.179. The number of rotatable bonds is 5. The third-order valence-corrected chi connectivity index (χ3v) is 6.06. The first-order valence-electron chi connectivity index (χ1n) is 12.2. The molecule has 10 heteroatoms. The lowest BCUT2D eigenvalue weighted by molar-refractivity contribution is -0.117. The van der Waals surface area contributed by atoms with Gasteiger partial charge in [-0.25, -0.2) is 15.0 Å². The van der Waals surface area contributed by atoms with E-state index < -0.39 is 0 Å². The highest BCUT2D eigenvalue weighted by molar-refractivity contribution is 5.96. The van der Waals surface area contributed by atoms with Crippen molar-refractivity contribution in [2.24, 2.45) is 5.41 Å². The number of H-pyrrole nitrogens is 2. The minimum absolute atomic E-state index is 0.0493. The smallest absolute Gasteiger partial charge is 0.224 e. The fourth-order valence-electron chi connectivity index (χ4n) is 4.38.